The smallest absolute Gasteiger partial charge is 0.287 e. The van der Waals surface area contributed by atoms with Crippen LogP contribution in [0.5, 0.6) is 17.4 Å². The summed E-state index contributed by atoms with van der Waals surface area (Å²) >= 11 is 0. The number of hydrogen-bond acceptors (Lipinski definition) is 6. The zero-order chi connectivity index (χ0) is 17.6. The topological polar surface area (TPSA) is 104 Å². The molecule has 0 radical (unpaired) electrons. The number of nitrogens with zero attached hydrogens (tertiary/aromatic N) is 2. The number of benzene rings is 1. The van der Waals surface area contributed by atoms with Crippen molar-refractivity contribution in [1.29, 1.82) is 0 Å². The molecule has 8 heteroatoms. The molecular formula is C17H17N3O5. The van der Waals surface area contributed by atoms with Crippen molar-refractivity contribution >= 4 is 11.6 Å². The molecule has 0 bridgehead atoms. The van der Waals surface area contributed by atoms with E-state index in [4.69, 9.17) is 9.47 Å². The second-order valence-corrected chi connectivity index (χ2v) is 5.58. The third kappa shape index (κ3) is 4.43. The lowest BCUT2D eigenvalue weighted by atomic mass is 10.2. The molecule has 1 N–H and O–H groups in total. The molecule has 0 spiro atoms. The second kappa shape index (κ2) is 7.61. The fraction of sp³-hybridized carbons (Fsp3) is 0.294. The van der Waals surface area contributed by atoms with E-state index in [1.54, 1.807) is 24.3 Å². The first-order valence-electron chi connectivity index (χ1n) is 7.94. The molecule has 1 fully saturated rings. The van der Waals surface area contributed by atoms with E-state index in [0.717, 1.165) is 19.0 Å². The SMILES string of the molecule is O=C1NCCCCC1Oc1ccc(Oc2ccc([N+](=O)[O-])cn2)cc1. The highest BCUT2D eigenvalue weighted by molar-refractivity contribution is 5.81. The molecule has 1 aliphatic heterocycles. The third-order valence-electron chi connectivity index (χ3n) is 3.74. The fourth-order valence-electron chi connectivity index (χ4n) is 2.44. The number of hydrogen-bond donors (Lipinski definition) is 1. The summed E-state index contributed by atoms with van der Waals surface area (Å²) in [6.07, 6.45) is 3.25. The summed E-state index contributed by atoms with van der Waals surface area (Å²) in [5.74, 6) is 1.25. The minimum atomic E-state index is -0.521. The maximum Gasteiger partial charge on any atom is 0.287 e. The highest BCUT2D eigenvalue weighted by Gasteiger charge is 2.22. The minimum Gasteiger partial charge on any atom is -0.481 e. The van der Waals surface area contributed by atoms with Crippen LogP contribution in [0.25, 0.3) is 0 Å². The van der Waals surface area contributed by atoms with E-state index in [2.05, 4.69) is 10.3 Å². The van der Waals surface area contributed by atoms with Crippen molar-refractivity contribution in [1.82, 2.24) is 10.3 Å². The Kier molecular flexibility index (Phi) is 5.08. The summed E-state index contributed by atoms with van der Waals surface area (Å²) < 4.78 is 11.3. The average molecular weight is 343 g/mol. The summed E-state index contributed by atoms with van der Waals surface area (Å²) in [7, 11) is 0. The molecule has 1 amide bonds. The van der Waals surface area contributed by atoms with Crippen LogP contribution in [0.1, 0.15) is 19.3 Å². The fourth-order valence-corrected chi connectivity index (χ4v) is 2.44. The van der Waals surface area contributed by atoms with Gasteiger partial charge in [0.1, 0.15) is 17.7 Å². The van der Waals surface area contributed by atoms with Crippen LogP contribution in [0, 0.1) is 10.1 Å². The van der Waals surface area contributed by atoms with Gasteiger partial charge < -0.3 is 14.8 Å². The van der Waals surface area contributed by atoms with Gasteiger partial charge in [0.25, 0.3) is 11.6 Å². The Balaban J connectivity index is 1.61. The van der Waals surface area contributed by atoms with Crippen LogP contribution in [0.2, 0.25) is 0 Å². The first kappa shape index (κ1) is 16.7. The molecule has 2 heterocycles. The van der Waals surface area contributed by atoms with Crippen LogP contribution in [0.3, 0.4) is 0 Å². The Morgan fingerprint density at radius 1 is 1.12 bits per heavy atom. The maximum absolute atomic E-state index is 11.9. The normalized spacial score (nSPS) is 17.3. The molecule has 2 aromatic rings. The molecule has 25 heavy (non-hydrogen) atoms. The third-order valence-corrected chi connectivity index (χ3v) is 3.74. The van der Waals surface area contributed by atoms with Crippen LogP contribution in [0.4, 0.5) is 5.69 Å². The van der Waals surface area contributed by atoms with Gasteiger partial charge in [-0.15, -0.1) is 0 Å². The number of nitrogens with one attached hydrogen (secondary N) is 1. The summed E-state index contributed by atoms with van der Waals surface area (Å²) in [5, 5.41) is 13.4. The van der Waals surface area contributed by atoms with Crippen molar-refractivity contribution < 1.29 is 19.2 Å². The van der Waals surface area contributed by atoms with E-state index < -0.39 is 11.0 Å². The number of rotatable bonds is 5. The number of amides is 1. The molecule has 1 aliphatic rings. The zero-order valence-electron chi connectivity index (χ0n) is 13.4. The van der Waals surface area contributed by atoms with Gasteiger partial charge in [-0.3, -0.25) is 14.9 Å². The van der Waals surface area contributed by atoms with Gasteiger partial charge in [-0.25, -0.2) is 4.98 Å². The Morgan fingerprint density at radius 2 is 1.88 bits per heavy atom. The first-order valence-corrected chi connectivity index (χ1v) is 7.94. The molecule has 1 unspecified atom stereocenters. The Bertz CT molecular complexity index is 746. The molecule has 0 aliphatic carbocycles. The van der Waals surface area contributed by atoms with Gasteiger partial charge in [0.2, 0.25) is 5.88 Å². The van der Waals surface area contributed by atoms with E-state index in [9.17, 15) is 14.9 Å². The Morgan fingerprint density at radius 3 is 2.56 bits per heavy atom. The summed E-state index contributed by atoms with van der Waals surface area (Å²) in [6, 6.07) is 9.54. The standard InChI is InChI=1S/C17H17N3O5/c21-17-15(3-1-2-10-18-17)24-13-5-7-14(8-6-13)25-16-9-4-12(11-19-16)20(22)23/h4-9,11,15H,1-3,10H2,(H,18,21). The highest BCUT2D eigenvalue weighted by atomic mass is 16.6. The quantitative estimate of drug-likeness (QED) is 0.661. The Labute approximate surface area is 143 Å². The number of aromatic nitrogens is 1. The maximum atomic E-state index is 11.9. The molecule has 8 nitrogen and oxygen atoms in total. The van der Waals surface area contributed by atoms with Crippen molar-refractivity contribution in [2.24, 2.45) is 0 Å². The number of carbonyl (C=O) groups excluding carboxylic acids is 1. The summed E-state index contributed by atoms with van der Waals surface area (Å²) in [4.78, 5) is 25.8. The largest absolute Gasteiger partial charge is 0.481 e. The van der Waals surface area contributed by atoms with Crippen LogP contribution in [-0.4, -0.2) is 28.5 Å². The highest BCUT2D eigenvalue weighted by Crippen LogP contribution is 2.24. The minimum absolute atomic E-state index is 0.0899. The van der Waals surface area contributed by atoms with E-state index in [1.165, 1.54) is 12.1 Å². The molecule has 130 valence electrons. The molecule has 1 aromatic carbocycles. The molecule has 0 saturated carbocycles. The molecule has 1 atom stereocenters. The van der Waals surface area contributed by atoms with Crippen LogP contribution < -0.4 is 14.8 Å². The number of carbonyl (C=O) groups is 1. The van der Waals surface area contributed by atoms with Crippen molar-refractivity contribution in [3.05, 3.63) is 52.7 Å². The van der Waals surface area contributed by atoms with Gasteiger partial charge in [-0.1, -0.05) is 0 Å². The van der Waals surface area contributed by atoms with Crippen molar-refractivity contribution in [3.8, 4) is 17.4 Å². The van der Waals surface area contributed by atoms with E-state index >= 15 is 0 Å². The molecular weight excluding hydrogens is 326 g/mol. The van der Waals surface area contributed by atoms with Crippen molar-refractivity contribution in [2.45, 2.75) is 25.4 Å². The summed E-state index contributed by atoms with van der Waals surface area (Å²) in [5.41, 5.74) is -0.0993. The Hall–Kier alpha value is -3.16. The van der Waals surface area contributed by atoms with E-state index in [1.807, 2.05) is 0 Å². The lowest BCUT2D eigenvalue weighted by Gasteiger charge is -2.16. The number of pyridine rings is 1. The van der Waals surface area contributed by atoms with Crippen LogP contribution >= 0.6 is 0 Å². The lowest BCUT2D eigenvalue weighted by molar-refractivity contribution is -0.385. The van der Waals surface area contributed by atoms with Gasteiger partial charge in [0, 0.05) is 18.7 Å². The van der Waals surface area contributed by atoms with Crippen molar-refractivity contribution in [2.75, 3.05) is 6.54 Å². The zero-order valence-corrected chi connectivity index (χ0v) is 13.4. The number of ether oxygens (including phenoxy) is 2. The van der Waals surface area contributed by atoms with Crippen LogP contribution in [0.15, 0.2) is 42.6 Å². The van der Waals surface area contributed by atoms with Gasteiger partial charge in [0.15, 0.2) is 6.10 Å². The summed E-state index contributed by atoms with van der Waals surface area (Å²) in [6.45, 7) is 0.688. The molecule has 3 rings (SSSR count). The van der Waals surface area contributed by atoms with Crippen LogP contribution in [-0.2, 0) is 4.79 Å². The second-order valence-electron chi connectivity index (χ2n) is 5.58. The van der Waals surface area contributed by atoms with Gasteiger partial charge in [-0.2, -0.15) is 0 Å². The lowest BCUT2D eigenvalue weighted by Crippen LogP contribution is -2.36. The van der Waals surface area contributed by atoms with Gasteiger partial charge in [-0.05, 0) is 43.5 Å². The van der Waals surface area contributed by atoms with E-state index in [-0.39, 0.29) is 17.5 Å². The average Bonchev–Trinajstić information content (AvgIpc) is 2.82. The van der Waals surface area contributed by atoms with Gasteiger partial charge >= 0.3 is 0 Å². The monoisotopic (exact) mass is 343 g/mol. The number of nitro groups is 1. The van der Waals surface area contributed by atoms with Crippen molar-refractivity contribution in [3.63, 3.8) is 0 Å². The van der Waals surface area contributed by atoms with Gasteiger partial charge in [0.05, 0.1) is 4.92 Å². The molecule has 1 aromatic heterocycles. The predicted octanol–water partition coefficient (Wildman–Crippen LogP) is 2.83. The van der Waals surface area contributed by atoms with E-state index in [0.29, 0.717) is 24.5 Å². The first-order chi connectivity index (χ1) is 12.1. The molecule has 1 saturated heterocycles. The predicted molar refractivity (Wildman–Crippen MR) is 88.7 cm³/mol.